The lowest BCUT2D eigenvalue weighted by Crippen LogP contribution is -2.31. The third-order valence-corrected chi connectivity index (χ3v) is 8.86. The number of nitrogens with one attached hydrogen (secondary N) is 3. The summed E-state index contributed by atoms with van der Waals surface area (Å²) in [6.07, 6.45) is -4.26. The van der Waals surface area contributed by atoms with Crippen LogP contribution in [0.2, 0.25) is 0 Å². The minimum atomic E-state index is -4.87. The predicted molar refractivity (Wildman–Crippen MR) is 129 cm³/mol. The first kappa shape index (κ1) is 29.6. The molecule has 0 spiro atoms. The third-order valence-electron chi connectivity index (χ3n) is 5.29. The Hall–Kier alpha value is -1.99. The molecular weight excluding hydrogens is 560 g/mol. The number of benzene rings is 1. The second kappa shape index (κ2) is 11.8. The summed E-state index contributed by atoms with van der Waals surface area (Å²) < 4.78 is 61.9. The van der Waals surface area contributed by atoms with Crippen molar-refractivity contribution in [1.82, 2.24) is 15.3 Å². The van der Waals surface area contributed by atoms with E-state index in [1.54, 1.807) is 19.1 Å². The molecule has 1 aromatic carbocycles. The highest BCUT2D eigenvalue weighted by atomic mass is 35.5. The van der Waals surface area contributed by atoms with Crippen LogP contribution < -0.4 is 5.32 Å². The Balaban J connectivity index is 1.74. The highest BCUT2D eigenvalue weighted by Gasteiger charge is 2.47. The number of imidazole rings is 1. The Labute approximate surface area is 214 Å². The van der Waals surface area contributed by atoms with Crippen LogP contribution in [0, 0.1) is 11.2 Å². The van der Waals surface area contributed by atoms with Gasteiger partial charge in [-0.15, -0.1) is 0 Å². The summed E-state index contributed by atoms with van der Waals surface area (Å²) in [5.41, 5.74) is 0.559. The molecule has 1 saturated heterocycles. The average molecular weight is 585 g/mol. The fourth-order valence-corrected chi connectivity index (χ4v) is 6.31. The number of halogens is 3. The van der Waals surface area contributed by atoms with Crippen LogP contribution in [0.25, 0.3) is 5.70 Å². The van der Waals surface area contributed by atoms with Crippen molar-refractivity contribution < 1.29 is 47.0 Å². The van der Waals surface area contributed by atoms with Gasteiger partial charge in [0.1, 0.15) is 29.3 Å². The van der Waals surface area contributed by atoms with Crippen molar-refractivity contribution in [3.63, 3.8) is 0 Å². The molecule has 7 N–H and O–H groups in total. The molecule has 0 aliphatic carbocycles. The zero-order valence-corrected chi connectivity index (χ0v) is 21.7. The van der Waals surface area contributed by atoms with Crippen LogP contribution in [0.4, 0.5) is 8.78 Å². The summed E-state index contributed by atoms with van der Waals surface area (Å²) in [5.74, 6) is -1.81. The van der Waals surface area contributed by atoms with Crippen molar-refractivity contribution in [3.05, 3.63) is 59.4 Å². The number of allylic oxidation sites excluding steroid dienone is 1. The van der Waals surface area contributed by atoms with Crippen molar-refractivity contribution in [2.45, 2.75) is 37.4 Å². The number of aromatic amines is 1. The summed E-state index contributed by atoms with van der Waals surface area (Å²) >= 11 is 5.72. The number of ether oxygens (including phenoxy) is 1. The van der Waals surface area contributed by atoms with Crippen molar-refractivity contribution in [1.29, 1.82) is 5.41 Å². The van der Waals surface area contributed by atoms with E-state index in [0.717, 1.165) is 0 Å². The van der Waals surface area contributed by atoms with Gasteiger partial charge in [0.2, 0.25) is 0 Å². The van der Waals surface area contributed by atoms with E-state index >= 15 is 0 Å². The van der Waals surface area contributed by atoms with Gasteiger partial charge < -0.3 is 39.3 Å². The highest BCUT2D eigenvalue weighted by Crippen LogP contribution is 2.55. The van der Waals surface area contributed by atoms with Crippen LogP contribution in [0.5, 0.6) is 0 Å². The standard InChI is InChI=1S/C20H25ClF2N4O8P2/c1-10(11-4-2-3-5-12(11)22)26-13(6-16(21)24)20-25-7-14(27-20)19-17(23)18(28)15(35-19)8-34-37(32,33)9-36(29,30)31/h2-7,10,15,17-19,24,26,28H,8-9H2,1H3,(H,25,27)(H,32,33)(H2,29,30,31)/b13-6+,24-16?/t10?,15-,17+,18?,19?/m1/s1. The molecule has 4 unspecified atom stereocenters. The van der Waals surface area contributed by atoms with Gasteiger partial charge in [-0.25, -0.2) is 13.8 Å². The Morgan fingerprint density at radius 1 is 1.38 bits per heavy atom. The molecule has 1 aromatic heterocycles. The monoisotopic (exact) mass is 584 g/mol. The molecular formula is C20H25ClF2N4O8P2. The second-order valence-electron chi connectivity index (χ2n) is 8.25. The van der Waals surface area contributed by atoms with Crippen LogP contribution in [0.15, 0.2) is 36.5 Å². The summed E-state index contributed by atoms with van der Waals surface area (Å²) in [6.45, 7) is 0.849. The quantitative estimate of drug-likeness (QED) is 0.152. The molecule has 37 heavy (non-hydrogen) atoms. The van der Waals surface area contributed by atoms with Crippen LogP contribution >= 0.6 is 26.8 Å². The van der Waals surface area contributed by atoms with E-state index in [1.807, 2.05) is 0 Å². The number of aromatic nitrogens is 2. The van der Waals surface area contributed by atoms with E-state index in [9.17, 15) is 27.9 Å². The van der Waals surface area contributed by atoms with Crippen molar-refractivity contribution in [2.24, 2.45) is 0 Å². The van der Waals surface area contributed by atoms with E-state index in [0.29, 0.717) is 5.56 Å². The summed E-state index contributed by atoms with van der Waals surface area (Å²) in [6, 6.07) is 5.46. The smallest absolute Gasteiger partial charge is 0.340 e. The molecule has 2 heterocycles. The lowest BCUT2D eigenvalue weighted by molar-refractivity contribution is -0.0194. The van der Waals surface area contributed by atoms with Gasteiger partial charge in [-0.3, -0.25) is 14.5 Å². The van der Waals surface area contributed by atoms with Crippen molar-refractivity contribution in [2.75, 3.05) is 12.5 Å². The number of hydrogen-bond acceptors (Lipinski definition) is 8. The van der Waals surface area contributed by atoms with Gasteiger partial charge >= 0.3 is 15.2 Å². The predicted octanol–water partition coefficient (Wildman–Crippen LogP) is 2.93. The van der Waals surface area contributed by atoms with Crippen LogP contribution in [-0.2, 0) is 18.4 Å². The van der Waals surface area contributed by atoms with Gasteiger partial charge in [0.15, 0.2) is 17.9 Å². The van der Waals surface area contributed by atoms with Gasteiger partial charge in [-0.05, 0) is 13.0 Å². The number of alkyl halides is 1. The second-order valence-corrected chi connectivity index (χ2v) is 12.7. The normalized spacial score (nSPS) is 25.0. The molecule has 1 aliphatic heterocycles. The molecule has 2 aromatic rings. The lowest BCUT2D eigenvalue weighted by atomic mass is 10.1. The van der Waals surface area contributed by atoms with Crippen LogP contribution in [-0.4, -0.2) is 65.8 Å². The summed E-state index contributed by atoms with van der Waals surface area (Å²) in [5, 5.41) is 20.4. The SMILES string of the molecule is CC(N/C(=C/C(=N)Cl)c1ncc(C2O[C@H](COP(=O)(O)CP(=O)(O)O)C(O)[C@@H]2F)[nH]1)c1ccccc1F. The number of H-pyrrole nitrogens is 1. The minimum absolute atomic E-state index is 0.0544. The van der Waals surface area contributed by atoms with E-state index in [1.165, 1.54) is 24.4 Å². The number of nitrogens with zero attached hydrogens (tertiary/aromatic N) is 1. The number of aliphatic hydroxyl groups excluding tert-OH is 1. The minimum Gasteiger partial charge on any atom is -0.387 e. The fourth-order valence-electron chi connectivity index (χ4n) is 3.63. The van der Waals surface area contributed by atoms with Crippen molar-refractivity contribution >= 4 is 37.7 Å². The number of aliphatic hydroxyl groups is 1. The Morgan fingerprint density at radius 3 is 2.68 bits per heavy atom. The number of rotatable bonds is 11. The first-order chi connectivity index (χ1) is 17.2. The molecule has 1 fully saturated rings. The Kier molecular flexibility index (Phi) is 9.44. The molecule has 1 aliphatic rings. The molecule has 0 saturated carbocycles. The Bertz CT molecular complexity index is 1260. The maximum absolute atomic E-state index is 14.8. The first-order valence-electron chi connectivity index (χ1n) is 10.7. The largest absolute Gasteiger partial charge is 0.387 e. The van der Waals surface area contributed by atoms with E-state index < -0.39 is 64.0 Å². The first-order valence-corrected chi connectivity index (χ1v) is 14.6. The summed E-state index contributed by atoms with van der Waals surface area (Å²) in [4.78, 5) is 34.2. The van der Waals surface area contributed by atoms with E-state index in [4.69, 9.17) is 31.5 Å². The van der Waals surface area contributed by atoms with Gasteiger partial charge in [0, 0.05) is 11.6 Å². The van der Waals surface area contributed by atoms with Gasteiger partial charge in [-0.1, -0.05) is 29.8 Å². The molecule has 0 bridgehead atoms. The molecule has 0 amide bonds. The van der Waals surface area contributed by atoms with E-state index in [2.05, 4.69) is 19.8 Å². The fraction of sp³-hybridized carbons (Fsp3) is 0.400. The molecule has 17 heteroatoms. The summed E-state index contributed by atoms with van der Waals surface area (Å²) in [7, 11) is -9.61. The van der Waals surface area contributed by atoms with Gasteiger partial charge in [-0.2, -0.15) is 0 Å². The maximum atomic E-state index is 14.8. The topological polar surface area (TPSA) is 198 Å². The zero-order valence-electron chi connectivity index (χ0n) is 19.2. The average Bonchev–Trinajstić information content (AvgIpc) is 3.36. The molecule has 12 nitrogen and oxygen atoms in total. The van der Waals surface area contributed by atoms with Crippen LogP contribution in [0.3, 0.4) is 0 Å². The molecule has 0 radical (unpaired) electrons. The van der Waals surface area contributed by atoms with Crippen molar-refractivity contribution in [3.8, 4) is 0 Å². The van der Waals surface area contributed by atoms with Crippen LogP contribution in [0.1, 0.15) is 36.2 Å². The third kappa shape index (κ3) is 8.00. The number of hydrogen-bond donors (Lipinski definition) is 7. The maximum Gasteiger partial charge on any atom is 0.340 e. The molecule has 3 rings (SSSR count). The molecule has 6 atom stereocenters. The molecule has 204 valence electrons. The van der Waals surface area contributed by atoms with E-state index in [-0.39, 0.29) is 22.4 Å². The van der Waals surface area contributed by atoms with Gasteiger partial charge in [0.25, 0.3) is 0 Å². The Morgan fingerprint density at radius 2 is 2.05 bits per heavy atom. The lowest BCUT2D eigenvalue weighted by Gasteiger charge is -2.18. The van der Waals surface area contributed by atoms with Gasteiger partial charge in [0.05, 0.1) is 30.2 Å². The highest BCUT2D eigenvalue weighted by molar-refractivity contribution is 7.70. The zero-order chi connectivity index (χ0) is 27.5.